The van der Waals surface area contributed by atoms with Crippen LogP contribution in [0.1, 0.15) is 11.1 Å². The van der Waals surface area contributed by atoms with Crippen molar-refractivity contribution >= 4 is 11.4 Å². The number of nitro groups is 1. The maximum absolute atomic E-state index is 13.7. The fourth-order valence-electron chi connectivity index (χ4n) is 1.86. The zero-order valence-electron chi connectivity index (χ0n) is 10.8. The van der Waals surface area contributed by atoms with Crippen molar-refractivity contribution in [3.63, 3.8) is 0 Å². The summed E-state index contributed by atoms with van der Waals surface area (Å²) in [6.07, 6.45) is 0. The van der Waals surface area contributed by atoms with Gasteiger partial charge >= 0.3 is 0 Å². The molecule has 0 bridgehead atoms. The Kier molecular flexibility index (Phi) is 4.44. The molecule has 0 saturated carbocycles. The quantitative estimate of drug-likeness (QED) is 0.656. The average molecular weight is 294 g/mol. The van der Waals surface area contributed by atoms with E-state index in [1.54, 1.807) is 24.3 Å². The van der Waals surface area contributed by atoms with E-state index in [1.807, 2.05) is 0 Å². The van der Waals surface area contributed by atoms with Gasteiger partial charge in [0.2, 0.25) is 0 Å². The minimum atomic E-state index is -1.03. The fraction of sp³-hybridized carbons (Fsp3) is 0.143. The number of non-ortho nitro benzene ring substituents is 1. The van der Waals surface area contributed by atoms with Crippen LogP contribution in [0.2, 0.25) is 0 Å². The third-order valence-corrected chi connectivity index (χ3v) is 2.88. The summed E-state index contributed by atoms with van der Waals surface area (Å²) in [5, 5.41) is 22.1. The largest absolute Gasteiger partial charge is 0.392 e. The van der Waals surface area contributed by atoms with Crippen LogP contribution in [-0.2, 0) is 13.2 Å². The highest BCUT2D eigenvalue weighted by molar-refractivity contribution is 5.52. The predicted octanol–water partition coefficient (Wildman–Crippen LogP) is 2.98. The number of rotatable bonds is 5. The molecule has 5 nitrogen and oxygen atoms in total. The normalized spacial score (nSPS) is 10.4. The van der Waals surface area contributed by atoms with Gasteiger partial charge in [0.1, 0.15) is 5.69 Å². The lowest BCUT2D eigenvalue weighted by molar-refractivity contribution is -0.385. The van der Waals surface area contributed by atoms with E-state index in [0.717, 1.165) is 5.56 Å². The summed E-state index contributed by atoms with van der Waals surface area (Å²) in [6, 6.07) is 8.17. The number of aliphatic hydroxyl groups excluding tert-OH is 1. The smallest absolute Gasteiger partial charge is 0.275 e. The maximum atomic E-state index is 13.7. The summed E-state index contributed by atoms with van der Waals surface area (Å²) in [7, 11) is 0. The second-order valence-electron chi connectivity index (χ2n) is 4.37. The molecule has 0 amide bonds. The van der Waals surface area contributed by atoms with Gasteiger partial charge in [0, 0.05) is 6.54 Å². The number of hydrogen-bond donors (Lipinski definition) is 2. The SMILES string of the molecule is O=[N+]([O-])c1cc(F)c(NCc2cccc(CO)c2)c(F)c1. The summed E-state index contributed by atoms with van der Waals surface area (Å²) in [6.45, 7) is -0.00636. The Morgan fingerprint density at radius 2 is 1.76 bits per heavy atom. The van der Waals surface area contributed by atoms with Gasteiger partial charge < -0.3 is 10.4 Å². The van der Waals surface area contributed by atoms with Crippen LogP contribution in [0.25, 0.3) is 0 Å². The number of halogens is 2. The first-order valence-electron chi connectivity index (χ1n) is 6.07. The van der Waals surface area contributed by atoms with E-state index in [1.165, 1.54) is 0 Å². The number of benzene rings is 2. The Morgan fingerprint density at radius 3 is 2.33 bits per heavy atom. The molecule has 0 fully saturated rings. The summed E-state index contributed by atoms with van der Waals surface area (Å²) in [4.78, 5) is 9.63. The number of nitrogens with one attached hydrogen (secondary N) is 1. The van der Waals surface area contributed by atoms with E-state index in [4.69, 9.17) is 5.11 Å². The van der Waals surface area contributed by atoms with Crippen molar-refractivity contribution in [2.75, 3.05) is 5.32 Å². The summed E-state index contributed by atoms with van der Waals surface area (Å²) < 4.78 is 27.3. The molecule has 2 rings (SSSR count). The molecular formula is C14H12F2N2O3. The summed E-state index contributed by atoms with van der Waals surface area (Å²) in [5.74, 6) is -2.06. The van der Waals surface area contributed by atoms with Crippen LogP contribution < -0.4 is 5.32 Å². The molecule has 0 aromatic heterocycles. The zero-order valence-corrected chi connectivity index (χ0v) is 10.8. The highest BCUT2D eigenvalue weighted by Crippen LogP contribution is 2.25. The number of anilines is 1. The van der Waals surface area contributed by atoms with Crippen LogP contribution in [0, 0.1) is 21.7 Å². The molecule has 0 aliphatic heterocycles. The van der Waals surface area contributed by atoms with Gasteiger partial charge in [-0.1, -0.05) is 24.3 Å². The third-order valence-electron chi connectivity index (χ3n) is 2.88. The number of nitro benzene ring substituents is 1. The Morgan fingerprint density at radius 1 is 1.14 bits per heavy atom. The molecule has 21 heavy (non-hydrogen) atoms. The van der Waals surface area contributed by atoms with Crippen molar-refractivity contribution in [1.82, 2.24) is 0 Å². The lowest BCUT2D eigenvalue weighted by atomic mass is 10.1. The van der Waals surface area contributed by atoms with Gasteiger partial charge in [0.05, 0.1) is 23.7 Å². The van der Waals surface area contributed by atoms with Crippen molar-refractivity contribution in [1.29, 1.82) is 0 Å². The highest BCUT2D eigenvalue weighted by Gasteiger charge is 2.16. The molecule has 0 radical (unpaired) electrons. The lowest BCUT2D eigenvalue weighted by Crippen LogP contribution is -2.05. The molecule has 0 spiro atoms. The van der Waals surface area contributed by atoms with Crippen LogP contribution in [0.4, 0.5) is 20.2 Å². The van der Waals surface area contributed by atoms with E-state index in [0.29, 0.717) is 17.7 Å². The van der Waals surface area contributed by atoms with Crippen molar-refractivity contribution in [2.24, 2.45) is 0 Å². The zero-order chi connectivity index (χ0) is 15.4. The standard InChI is InChI=1S/C14H12F2N2O3/c15-12-5-11(18(20)21)6-13(16)14(12)17-7-9-2-1-3-10(4-9)8-19/h1-6,17,19H,7-8H2. The topological polar surface area (TPSA) is 75.4 Å². The average Bonchev–Trinajstić information content (AvgIpc) is 2.46. The first-order valence-corrected chi connectivity index (χ1v) is 6.07. The van der Waals surface area contributed by atoms with Gasteiger partial charge in [0.25, 0.3) is 5.69 Å². The molecule has 7 heteroatoms. The first kappa shape index (κ1) is 14.9. The molecule has 2 aromatic rings. The molecule has 0 aliphatic carbocycles. The summed E-state index contributed by atoms with van der Waals surface area (Å²) in [5.41, 5.74) is 0.338. The van der Waals surface area contributed by atoms with E-state index in [-0.39, 0.29) is 13.2 Å². The molecule has 2 aromatic carbocycles. The fourth-order valence-corrected chi connectivity index (χ4v) is 1.86. The minimum absolute atomic E-state index is 0.124. The monoisotopic (exact) mass is 294 g/mol. The molecule has 110 valence electrons. The van der Waals surface area contributed by atoms with Gasteiger partial charge in [-0.3, -0.25) is 10.1 Å². The van der Waals surface area contributed by atoms with Gasteiger partial charge in [-0.25, -0.2) is 8.78 Å². The van der Waals surface area contributed by atoms with Crippen LogP contribution >= 0.6 is 0 Å². The van der Waals surface area contributed by atoms with E-state index in [9.17, 15) is 18.9 Å². The van der Waals surface area contributed by atoms with Crippen molar-refractivity contribution in [2.45, 2.75) is 13.2 Å². The van der Waals surface area contributed by atoms with Crippen molar-refractivity contribution in [3.8, 4) is 0 Å². The van der Waals surface area contributed by atoms with Crippen LogP contribution in [0.3, 0.4) is 0 Å². The van der Waals surface area contributed by atoms with Crippen molar-refractivity contribution in [3.05, 3.63) is 69.3 Å². The predicted molar refractivity (Wildman–Crippen MR) is 72.7 cm³/mol. The Labute approximate surface area is 119 Å². The van der Waals surface area contributed by atoms with Gasteiger partial charge in [-0.05, 0) is 11.1 Å². The van der Waals surface area contributed by atoms with Gasteiger partial charge in [-0.15, -0.1) is 0 Å². The Hall–Kier alpha value is -2.54. The number of nitrogens with zero attached hydrogens (tertiary/aromatic N) is 1. The highest BCUT2D eigenvalue weighted by atomic mass is 19.1. The van der Waals surface area contributed by atoms with E-state index in [2.05, 4.69) is 5.32 Å². The molecule has 0 atom stereocenters. The Bertz CT molecular complexity index is 654. The molecule has 0 unspecified atom stereocenters. The van der Waals surface area contributed by atoms with Gasteiger partial charge in [-0.2, -0.15) is 0 Å². The van der Waals surface area contributed by atoms with E-state index < -0.39 is 27.9 Å². The first-order chi connectivity index (χ1) is 10.0. The third kappa shape index (κ3) is 3.51. The molecule has 2 N–H and O–H groups in total. The van der Waals surface area contributed by atoms with Crippen molar-refractivity contribution < 1.29 is 18.8 Å². The van der Waals surface area contributed by atoms with Crippen LogP contribution in [-0.4, -0.2) is 10.0 Å². The maximum Gasteiger partial charge on any atom is 0.275 e. The van der Waals surface area contributed by atoms with Gasteiger partial charge in [0.15, 0.2) is 11.6 Å². The van der Waals surface area contributed by atoms with Crippen LogP contribution in [0.15, 0.2) is 36.4 Å². The second-order valence-corrected chi connectivity index (χ2v) is 4.37. The molecule has 0 saturated heterocycles. The number of aliphatic hydroxyl groups is 1. The summed E-state index contributed by atoms with van der Waals surface area (Å²) >= 11 is 0. The Balaban J connectivity index is 2.18. The molecule has 0 heterocycles. The van der Waals surface area contributed by atoms with Crippen LogP contribution in [0.5, 0.6) is 0 Å². The number of hydrogen-bond acceptors (Lipinski definition) is 4. The van der Waals surface area contributed by atoms with E-state index >= 15 is 0 Å². The minimum Gasteiger partial charge on any atom is -0.392 e. The second kappa shape index (κ2) is 6.27. The lowest BCUT2D eigenvalue weighted by Gasteiger charge is -2.09. The molecule has 0 aliphatic rings. The molecular weight excluding hydrogens is 282 g/mol.